The Hall–Kier alpha value is -2.16. The van der Waals surface area contributed by atoms with Crippen molar-refractivity contribution in [3.05, 3.63) is 53.6 Å². The predicted molar refractivity (Wildman–Crippen MR) is 74.2 cm³/mol. The van der Waals surface area contributed by atoms with Gasteiger partial charge in [0, 0.05) is 0 Å². The quantitative estimate of drug-likeness (QED) is 0.823. The van der Waals surface area contributed by atoms with Crippen molar-refractivity contribution in [1.82, 2.24) is 0 Å². The van der Waals surface area contributed by atoms with Gasteiger partial charge in [-0.1, -0.05) is 24.3 Å². The maximum absolute atomic E-state index is 5.34. The van der Waals surface area contributed by atoms with E-state index in [0.717, 1.165) is 12.0 Å². The van der Waals surface area contributed by atoms with E-state index in [1.165, 1.54) is 5.56 Å². The molecule has 0 saturated carbocycles. The summed E-state index contributed by atoms with van der Waals surface area (Å²) in [4.78, 5) is 0. The zero-order valence-corrected chi connectivity index (χ0v) is 11.4. The normalized spacial score (nSPS) is 10.1. The van der Waals surface area contributed by atoms with E-state index in [1.807, 2.05) is 30.3 Å². The average Bonchev–Trinajstić information content (AvgIpc) is 2.47. The summed E-state index contributed by atoms with van der Waals surface area (Å²) in [6.45, 7) is 0. The van der Waals surface area contributed by atoms with Crippen LogP contribution in [0.2, 0.25) is 0 Å². The van der Waals surface area contributed by atoms with Crippen LogP contribution in [0.25, 0.3) is 0 Å². The smallest absolute Gasteiger partial charge is 0.203 e. The second-order valence-electron chi connectivity index (χ2n) is 4.12. The average molecular weight is 257 g/mol. The van der Waals surface area contributed by atoms with Crippen molar-refractivity contribution in [1.29, 1.82) is 0 Å². The van der Waals surface area contributed by atoms with E-state index in [0.29, 0.717) is 17.2 Å². The van der Waals surface area contributed by atoms with Crippen molar-refractivity contribution >= 4 is 0 Å². The summed E-state index contributed by atoms with van der Waals surface area (Å²) in [6.07, 6.45) is 0.800. The van der Waals surface area contributed by atoms with Gasteiger partial charge in [0.1, 0.15) is 0 Å². The van der Waals surface area contributed by atoms with Gasteiger partial charge in [-0.3, -0.25) is 0 Å². The lowest BCUT2D eigenvalue weighted by Gasteiger charge is -2.14. The molecule has 0 bridgehead atoms. The molecule has 0 atom stereocenters. The maximum Gasteiger partial charge on any atom is 0.203 e. The van der Waals surface area contributed by atoms with Crippen LogP contribution >= 0.6 is 0 Å². The van der Waals surface area contributed by atoms with Crippen molar-refractivity contribution in [3.63, 3.8) is 0 Å². The molecule has 99 valence electrons. The molecule has 0 unspecified atom stereocenters. The van der Waals surface area contributed by atoms with Crippen molar-refractivity contribution in [2.24, 2.45) is 0 Å². The standard InChI is InChI=1S/C16H17O3/c1-17-14-10-13(9-12-7-5-4-6-8-12)11-15(18-2)16(14)19-3/h4-5,7-8,10-11H,9H2,1-3H3. The van der Waals surface area contributed by atoms with E-state index < -0.39 is 0 Å². The molecule has 0 aliphatic carbocycles. The Bertz CT molecular complexity index is 510. The van der Waals surface area contributed by atoms with Crippen LogP contribution in [-0.2, 0) is 6.42 Å². The molecule has 0 fully saturated rings. The minimum atomic E-state index is 0.619. The van der Waals surface area contributed by atoms with Gasteiger partial charge in [-0.15, -0.1) is 0 Å². The second kappa shape index (κ2) is 6.14. The number of hydrogen-bond donors (Lipinski definition) is 0. The highest BCUT2D eigenvalue weighted by Crippen LogP contribution is 2.38. The maximum atomic E-state index is 5.34. The van der Waals surface area contributed by atoms with E-state index in [-0.39, 0.29) is 0 Å². The number of methoxy groups -OCH3 is 3. The van der Waals surface area contributed by atoms with Crippen LogP contribution < -0.4 is 14.2 Å². The van der Waals surface area contributed by atoms with E-state index in [9.17, 15) is 0 Å². The first-order chi connectivity index (χ1) is 9.28. The third kappa shape index (κ3) is 2.99. The Balaban J connectivity index is 2.36. The second-order valence-corrected chi connectivity index (χ2v) is 4.12. The summed E-state index contributed by atoms with van der Waals surface area (Å²) in [6, 6.07) is 14.9. The van der Waals surface area contributed by atoms with Crippen molar-refractivity contribution in [2.75, 3.05) is 21.3 Å². The highest BCUT2D eigenvalue weighted by Gasteiger charge is 2.13. The first-order valence-electron chi connectivity index (χ1n) is 6.02. The minimum absolute atomic E-state index is 0.619. The number of benzene rings is 2. The summed E-state index contributed by atoms with van der Waals surface area (Å²) in [5.74, 6) is 1.97. The monoisotopic (exact) mass is 257 g/mol. The fourth-order valence-corrected chi connectivity index (χ4v) is 2.01. The van der Waals surface area contributed by atoms with Gasteiger partial charge in [0.25, 0.3) is 0 Å². The topological polar surface area (TPSA) is 27.7 Å². The third-order valence-electron chi connectivity index (χ3n) is 2.90. The third-order valence-corrected chi connectivity index (χ3v) is 2.90. The molecule has 0 saturated heterocycles. The molecule has 0 amide bonds. The molecular formula is C16H17O3. The Morgan fingerprint density at radius 3 is 2.11 bits per heavy atom. The zero-order chi connectivity index (χ0) is 13.7. The van der Waals surface area contributed by atoms with Crippen LogP contribution in [0.3, 0.4) is 0 Å². The molecule has 0 spiro atoms. The van der Waals surface area contributed by atoms with Crippen molar-refractivity contribution < 1.29 is 14.2 Å². The van der Waals surface area contributed by atoms with Crippen LogP contribution in [0.5, 0.6) is 17.2 Å². The lowest BCUT2D eigenvalue weighted by Crippen LogP contribution is -1.97. The Kier molecular flexibility index (Phi) is 4.29. The van der Waals surface area contributed by atoms with Gasteiger partial charge in [-0.05, 0) is 35.7 Å². The summed E-state index contributed by atoms with van der Waals surface area (Å²) in [5.41, 5.74) is 2.30. The molecule has 2 aromatic carbocycles. The molecule has 1 radical (unpaired) electrons. The first kappa shape index (κ1) is 13.3. The molecular weight excluding hydrogens is 240 g/mol. The van der Waals surface area contributed by atoms with Gasteiger partial charge < -0.3 is 14.2 Å². The first-order valence-corrected chi connectivity index (χ1v) is 6.02. The Morgan fingerprint density at radius 2 is 1.63 bits per heavy atom. The van der Waals surface area contributed by atoms with Crippen LogP contribution in [0.15, 0.2) is 36.4 Å². The molecule has 0 aliphatic rings. The lowest BCUT2D eigenvalue weighted by molar-refractivity contribution is 0.324. The van der Waals surface area contributed by atoms with Crippen LogP contribution in [0.4, 0.5) is 0 Å². The summed E-state index contributed by atoms with van der Waals surface area (Å²) >= 11 is 0. The number of ether oxygens (including phenoxy) is 3. The number of hydrogen-bond acceptors (Lipinski definition) is 3. The highest BCUT2D eigenvalue weighted by atomic mass is 16.5. The van der Waals surface area contributed by atoms with Gasteiger partial charge in [0.05, 0.1) is 21.3 Å². The molecule has 0 aromatic heterocycles. The summed E-state index contributed by atoms with van der Waals surface area (Å²) < 4.78 is 16.0. The zero-order valence-electron chi connectivity index (χ0n) is 11.4. The minimum Gasteiger partial charge on any atom is -0.493 e. The van der Waals surface area contributed by atoms with E-state index in [2.05, 4.69) is 12.1 Å². The highest BCUT2D eigenvalue weighted by molar-refractivity contribution is 5.54. The molecule has 2 rings (SSSR count). The molecule has 0 aliphatic heterocycles. The molecule has 0 heterocycles. The fraction of sp³-hybridized carbons (Fsp3) is 0.250. The van der Waals surface area contributed by atoms with Crippen LogP contribution in [0, 0.1) is 6.07 Å². The Labute approximate surface area is 113 Å². The lowest BCUT2D eigenvalue weighted by atomic mass is 10.0. The van der Waals surface area contributed by atoms with Gasteiger partial charge in [-0.2, -0.15) is 0 Å². The van der Waals surface area contributed by atoms with E-state index in [4.69, 9.17) is 14.2 Å². The fourth-order valence-electron chi connectivity index (χ4n) is 2.01. The molecule has 3 heteroatoms. The van der Waals surface area contributed by atoms with Gasteiger partial charge >= 0.3 is 0 Å². The Morgan fingerprint density at radius 1 is 0.947 bits per heavy atom. The van der Waals surface area contributed by atoms with Gasteiger partial charge in [0.2, 0.25) is 5.75 Å². The SMILES string of the molecule is COc1cc(Cc2c[c]ccc2)cc(OC)c1OC. The van der Waals surface area contributed by atoms with Crippen molar-refractivity contribution in [2.45, 2.75) is 6.42 Å². The van der Waals surface area contributed by atoms with Crippen molar-refractivity contribution in [3.8, 4) is 17.2 Å². The van der Waals surface area contributed by atoms with Crippen LogP contribution in [0.1, 0.15) is 11.1 Å². The van der Waals surface area contributed by atoms with E-state index >= 15 is 0 Å². The molecule has 0 N–H and O–H groups in total. The largest absolute Gasteiger partial charge is 0.493 e. The molecule has 19 heavy (non-hydrogen) atoms. The van der Waals surface area contributed by atoms with Gasteiger partial charge in [-0.25, -0.2) is 0 Å². The summed E-state index contributed by atoms with van der Waals surface area (Å²) in [7, 11) is 4.85. The molecule has 3 nitrogen and oxygen atoms in total. The van der Waals surface area contributed by atoms with E-state index in [1.54, 1.807) is 21.3 Å². The number of rotatable bonds is 5. The summed E-state index contributed by atoms with van der Waals surface area (Å²) in [5, 5.41) is 0. The molecule has 2 aromatic rings. The van der Waals surface area contributed by atoms with Gasteiger partial charge in [0.15, 0.2) is 11.5 Å². The predicted octanol–water partition coefficient (Wildman–Crippen LogP) is 3.10. The van der Waals surface area contributed by atoms with Crippen LogP contribution in [-0.4, -0.2) is 21.3 Å².